The Balaban J connectivity index is 1.54. The molecule has 0 saturated carbocycles. The van der Waals surface area contributed by atoms with E-state index in [1.54, 1.807) is 24.3 Å². The normalized spacial score (nSPS) is 15.6. The molecule has 34 heavy (non-hydrogen) atoms. The van der Waals surface area contributed by atoms with E-state index in [1.807, 2.05) is 19.1 Å². The van der Waals surface area contributed by atoms with Crippen molar-refractivity contribution < 1.29 is 17.9 Å². The van der Waals surface area contributed by atoms with Crippen LogP contribution in [0.2, 0.25) is 0 Å². The van der Waals surface area contributed by atoms with E-state index in [4.69, 9.17) is 4.74 Å². The Hall–Kier alpha value is -2.42. The minimum absolute atomic E-state index is 0.00914. The molecule has 1 N–H and O–H groups in total. The highest BCUT2D eigenvalue weighted by Crippen LogP contribution is 2.25. The van der Waals surface area contributed by atoms with Gasteiger partial charge in [-0.15, -0.1) is 0 Å². The van der Waals surface area contributed by atoms with Crippen LogP contribution < -0.4 is 10.1 Å². The Morgan fingerprint density at radius 2 is 1.71 bits per heavy atom. The lowest BCUT2D eigenvalue weighted by molar-refractivity contribution is -0.126. The lowest BCUT2D eigenvalue weighted by atomic mass is 9.97. The molecule has 1 amide bonds. The molecule has 2 aromatic rings. The second-order valence-electron chi connectivity index (χ2n) is 9.08. The molecule has 7 nitrogen and oxygen atoms in total. The molecule has 0 spiro atoms. The van der Waals surface area contributed by atoms with Gasteiger partial charge in [0.25, 0.3) is 0 Å². The minimum Gasteiger partial charge on any atom is -0.494 e. The van der Waals surface area contributed by atoms with Gasteiger partial charge >= 0.3 is 0 Å². The van der Waals surface area contributed by atoms with Crippen LogP contribution in [0.4, 0.5) is 0 Å². The second kappa shape index (κ2) is 11.8. The number of piperidine rings is 1. The number of nitrogens with zero attached hydrogens (tertiary/aromatic N) is 2. The molecule has 0 aliphatic carbocycles. The third-order valence-corrected chi connectivity index (χ3v) is 8.38. The van der Waals surface area contributed by atoms with E-state index < -0.39 is 10.0 Å². The van der Waals surface area contributed by atoms with Crippen LogP contribution in [0.5, 0.6) is 5.75 Å². The van der Waals surface area contributed by atoms with Crippen LogP contribution in [-0.4, -0.2) is 56.3 Å². The van der Waals surface area contributed by atoms with Crippen LogP contribution in [0.25, 0.3) is 0 Å². The summed E-state index contributed by atoms with van der Waals surface area (Å²) in [6, 6.07) is 15.1. The van der Waals surface area contributed by atoms with Crippen LogP contribution in [0.3, 0.4) is 0 Å². The third kappa shape index (κ3) is 6.58. The molecule has 0 radical (unpaired) electrons. The topological polar surface area (TPSA) is 79.0 Å². The van der Waals surface area contributed by atoms with Crippen LogP contribution in [0.1, 0.15) is 44.7 Å². The summed E-state index contributed by atoms with van der Waals surface area (Å²) in [4.78, 5) is 15.4. The fourth-order valence-electron chi connectivity index (χ4n) is 4.04. The van der Waals surface area contributed by atoms with Crippen LogP contribution in [0.15, 0.2) is 53.4 Å². The molecule has 0 unspecified atom stereocenters. The molecule has 0 aromatic heterocycles. The lowest BCUT2D eigenvalue weighted by Crippen LogP contribution is -2.42. The zero-order valence-electron chi connectivity index (χ0n) is 20.7. The summed E-state index contributed by atoms with van der Waals surface area (Å²) in [7, 11) is -1.49. The first-order valence-corrected chi connectivity index (χ1v) is 13.4. The Morgan fingerprint density at radius 3 is 2.29 bits per heavy atom. The quantitative estimate of drug-likeness (QED) is 0.554. The SMILES string of the molecule is CCOc1ccc(S(=O)(=O)N2CCC(C(=O)NCc3ccccc3CN(C)C(C)C)CC2)cc1. The van der Waals surface area contributed by atoms with E-state index in [2.05, 4.69) is 43.2 Å². The molecule has 1 aliphatic heterocycles. The Bertz CT molecular complexity index is 1050. The summed E-state index contributed by atoms with van der Waals surface area (Å²) in [6.45, 7) is 8.71. The van der Waals surface area contributed by atoms with Gasteiger partial charge < -0.3 is 10.1 Å². The summed E-state index contributed by atoms with van der Waals surface area (Å²) in [5.41, 5.74) is 2.31. The molecule has 1 fully saturated rings. The average molecular weight is 488 g/mol. The molecule has 0 bridgehead atoms. The molecule has 1 saturated heterocycles. The zero-order valence-corrected chi connectivity index (χ0v) is 21.5. The Labute approximate surface area is 204 Å². The highest BCUT2D eigenvalue weighted by Gasteiger charge is 2.32. The van der Waals surface area contributed by atoms with Gasteiger partial charge in [0, 0.05) is 38.1 Å². The fraction of sp³-hybridized carbons (Fsp3) is 0.500. The molecule has 8 heteroatoms. The smallest absolute Gasteiger partial charge is 0.243 e. The fourth-order valence-corrected chi connectivity index (χ4v) is 5.51. The van der Waals surface area contributed by atoms with Gasteiger partial charge in [0.2, 0.25) is 15.9 Å². The van der Waals surface area contributed by atoms with Crippen molar-refractivity contribution in [1.82, 2.24) is 14.5 Å². The molecule has 0 atom stereocenters. The molecule has 1 aliphatic rings. The van der Waals surface area contributed by atoms with Gasteiger partial charge in [-0.05, 0) is 76.1 Å². The van der Waals surface area contributed by atoms with Crippen molar-refractivity contribution >= 4 is 15.9 Å². The zero-order chi connectivity index (χ0) is 24.7. The van der Waals surface area contributed by atoms with Crippen molar-refractivity contribution in [2.24, 2.45) is 5.92 Å². The van der Waals surface area contributed by atoms with Crippen molar-refractivity contribution in [1.29, 1.82) is 0 Å². The minimum atomic E-state index is -3.58. The number of carbonyl (C=O) groups is 1. The first kappa shape index (κ1) is 26.2. The third-order valence-electron chi connectivity index (χ3n) is 6.47. The highest BCUT2D eigenvalue weighted by atomic mass is 32.2. The van der Waals surface area contributed by atoms with Crippen molar-refractivity contribution in [2.45, 2.75) is 57.6 Å². The van der Waals surface area contributed by atoms with Crippen LogP contribution in [0, 0.1) is 5.92 Å². The first-order chi connectivity index (χ1) is 16.2. The summed E-state index contributed by atoms with van der Waals surface area (Å²) in [5, 5.41) is 3.08. The number of benzene rings is 2. The van der Waals surface area contributed by atoms with Crippen LogP contribution in [-0.2, 0) is 27.9 Å². The largest absolute Gasteiger partial charge is 0.494 e. The van der Waals surface area contributed by atoms with E-state index in [-0.39, 0.29) is 16.7 Å². The van der Waals surface area contributed by atoms with Crippen LogP contribution >= 0.6 is 0 Å². The molecule has 1 heterocycles. The molecular weight excluding hydrogens is 450 g/mol. The first-order valence-electron chi connectivity index (χ1n) is 12.0. The van der Waals surface area contributed by atoms with Gasteiger partial charge in [0.05, 0.1) is 11.5 Å². The van der Waals surface area contributed by atoms with Gasteiger partial charge in [0.15, 0.2) is 0 Å². The number of amides is 1. The monoisotopic (exact) mass is 487 g/mol. The maximum absolute atomic E-state index is 13.0. The van der Waals surface area contributed by atoms with E-state index in [9.17, 15) is 13.2 Å². The molecule has 186 valence electrons. The number of hydrogen-bond donors (Lipinski definition) is 1. The second-order valence-corrected chi connectivity index (χ2v) is 11.0. The Kier molecular flexibility index (Phi) is 9.10. The van der Waals surface area contributed by atoms with E-state index >= 15 is 0 Å². The van der Waals surface area contributed by atoms with E-state index in [1.165, 1.54) is 9.87 Å². The van der Waals surface area contributed by atoms with Gasteiger partial charge in [-0.1, -0.05) is 24.3 Å². The van der Waals surface area contributed by atoms with E-state index in [0.717, 1.165) is 12.1 Å². The van der Waals surface area contributed by atoms with E-state index in [0.29, 0.717) is 50.9 Å². The predicted molar refractivity (Wildman–Crippen MR) is 134 cm³/mol. The summed E-state index contributed by atoms with van der Waals surface area (Å²) < 4.78 is 32.9. The maximum Gasteiger partial charge on any atom is 0.243 e. The van der Waals surface area contributed by atoms with Crippen molar-refractivity contribution in [2.75, 3.05) is 26.7 Å². The predicted octanol–water partition coefficient (Wildman–Crippen LogP) is 3.64. The summed E-state index contributed by atoms with van der Waals surface area (Å²) in [5.74, 6) is 0.455. The van der Waals surface area contributed by atoms with Gasteiger partial charge in [-0.2, -0.15) is 4.31 Å². The number of hydrogen-bond acceptors (Lipinski definition) is 5. The lowest BCUT2D eigenvalue weighted by Gasteiger charge is -2.30. The highest BCUT2D eigenvalue weighted by molar-refractivity contribution is 7.89. The van der Waals surface area contributed by atoms with Crippen molar-refractivity contribution in [3.05, 3.63) is 59.7 Å². The van der Waals surface area contributed by atoms with Gasteiger partial charge in [-0.25, -0.2) is 8.42 Å². The number of rotatable bonds is 10. The standard InChI is InChI=1S/C26H37N3O4S/c1-5-33-24-10-12-25(13-11-24)34(31,32)29-16-14-21(15-17-29)26(30)27-18-22-8-6-7-9-23(22)19-28(4)20(2)3/h6-13,20-21H,5,14-19H2,1-4H3,(H,27,30). The molecular formula is C26H37N3O4S. The number of sulfonamides is 1. The summed E-state index contributed by atoms with van der Waals surface area (Å²) in [6.07, 6.45) is 1.03. The number of nitrogens with one attached hydrogen (secondary N) is 1. The Morgan fingerprint density at radius 1 is 1.09 bits per heavy atom. The number of ether oxygens (including phenoxy) is 1. The molecule has 2 aromatic carbocycles. The van der Waals surface area contributed by atoms with Gasteiger partial charge in [-0.3, -0.25) is 9.69 Å². The summed E-state index contributed by atoms with van der Waals surface area (Å²) >= 11 is 0. The number of carbonyl (C=O) groups excluding carboxylic acids is 1. The maximum atomic E-state index is 13.0. The van der Waals surface area contributed by atoms with Crippen molar-refractivity contribution in [3.63, 3.8) is 0 Å². The van der Waals surface area contributed by atoms with Crippen molar-refractivity contribution in [3.8, 4) is 5.75 Å². The average Bonchev–Trinajstić information content (AvgIpc) is 2.84. The van der Waals surface area contributed by atoms with Gasteiger partial charge in [0.1, 0.15) is 5.75 Å². The molecule has 3 rings (SSSR count).